The van der Waals surface area contributed by atoms with Crippen molar-refractivity contribution in [2.24, 2.45) is 0 Å². The molecule has 0 radical (unpaired) electrons. The van der Waals surface area contributed by atoms with E-state index in [9.17, 15) is 9.18 Å². The molecular formula is C16H24FN3O3. The van der Waals surface area contributed by atoms with Crippen LogP contribution >= 0.6 is 0 Å². The molecule has 0 aromatic heterocycles. The highest BCUT2D eigenvalue weighted by Crippen LogP contribution is 2.26. The van der Waals surface area contributed by atoms with Crippen LogP contribution in [-0.2, 0) is 9.47 Å². The van der Waals surface area contributed by atoms with Gasteiger partial charge in [0.25, 0.3) is 0 Å². The minimum Gasteiger partial charge on any atom is -0.383 e. The van der Waals surface area contributed by atoms with Crippen molar-refractivity contribution in [3.05, 3.63) is 24.0 Å². The number of carbonyl (C=O) groups is 1. The number of hydrogen-bond donors (Lipinski definition) is 2. The Balaban J connectivity index is 1.99. The molecule has 1 heterocycles. The van der Waals surface area contributed by atoms with E-state index in [1.165, 1.54) is 6.07 Å². The van der Waals surface area contributed by atoms with Crippen molar-refractivity contribution in [2.45, 2.75) is 26.1 Å². The largest absolute Gasteiger partial charge is 0.383 e. The average Bonchev–Trinajstić information content (AvgIpc) is 2.46. The Hall–Kier alpha value is -1.86. The molecule has 1 fully saturated rings. The number of amides is 2. The molecule has 0 saturated carbocycles. The fourth-order valence-corrected chi connectivity index (χ4v) is 2.66. The van der Waals surface area contributed by atoms with Crippen LogP contribution in [0.3, 0.4) is 0 Å². The maximum atomic E-state index is 14.4. The van der Waals surface area contributed by atoms with Crippen molar-refractivity contribution in [1.29, 1.82) is 0 Å². The van der Waals surface area contributed by atoms with E-state index in [0.717, 1.165) is 0 Å². The van der Waals surface area contributed by atoms with Gasteiger partial charge in [0.2, 0.25) is 0 Å². The average molecular weight is 325 g/mol. The van der Waals surface area contributed by atoms with E-state index in [1.807, 2.05) is 18.7 Å². The first-order chi connectivity index (χ1) is 11.0. The predicted octanol–water partition coefficient (Wildman–Crippen LogP) is 2.21. The number of anilines is 2. The van der Waals surface area contributed by atoms with Crippen LogP contribution in [0.1, 0.15) is 13.8 Å². The number of benzene rings is 1. The lowest BCUT2D eigenvalue weighted by Crippen LogP contribution is -2.45. The Morgan fingerprint density at radius 3 is 2.70 bits per heavy atom. The van der Waals surface area contributed by atoms with E-state index in [0.29, 0.717) is 37.6 Å². The summed E-state index contributed by atoms with van der Waals surface area (Å²) in [5, 5.41) is 5.22. The summed E-state index contributed by atoms with van der Waals surface area (Å²) in [6, 6.07) is 4.32. The summed E-state index contributed by atoms with van der Waals surface area (Å²) in [4.78, 5) is 13.6. The molecule has 1 saturated heterocycles. The van der Waals surface area contributed by atoms with Crippen LogP contribution in [0, 0.1) is 5.82 Å². The maximum absolute atomic E-state index is 14.4. The molecule has 2 rings (SSSR count). The minimum atomic E-state index is -0.386. The Labute approximate surface area is 135 Å². The molecule has 23 heavy (non-hydrogen) atoms. The maximum Gasteiger partial charge on any atom is 0.319 e. The van der Waals surface area contributed by atoms with Crippen LogP contribution in [-0.4, -0.2) is 51.6 Å². The fraction of sp³-hybridized carbons (Fsp3) is 0.562. The second-order valence-electron chi connectivity index (χ2n) is 5.70. The van der Waals surface area contributed by atoms with Gasteiger partial charge in [-0.05, 0) is 32.0 Å². The molecule has 1 aliphatic rings. The highest BCUT2D eigenvalue weighted by Gasteiger charge is 2.24. The molecule has 7 heteroatoms. The zero-order chi connectivity index (χ0) is 16.8. The van der Waals surface area contributed by atoms with Crippen LogP contribution in [0.25, 0.3) is 0 Å². The van der Waals surface area contributed by atoms with Crippen LogP contribution in [0.2, 0.25) is 0 Å². The number of morpholine rings is 1. The third-order valence-electron chi connectivity index (χ3n) is 3.56. The van der Waals surface area contributed by atoms with Gasteiger partial charge in [0.15, 0.2) is 0 Å². The molecule has 1 aromatic carbocycles. The summed E-state index contributed by atoms with van der Waals surface area (Å²) in [6.07, 6.45) is 0.116. The lowest BCUT2D eigenvalue weighted by molar-refractivity contribution is -0.00539. The molecule has 6 nitrogen and oxygen atoms in total. The molecule has 0 unspecified atom stereocenters. The number of nitrogens with one attached hydrogen (secondary N) is 2. The highest BCUT2D eigenvalue weighted by atomic mass is 19.1. The second kappa shape index (κ2) is 8.12. The van der Waals surface area contributed by atoms with E-state index >= 15 is 0 Å². The standard InChI is InChI=1S/C16H24FN3O3/c1-11-9-20(10-12(2)23-11)15-5-4-13(8-14(15)17)19-16(21)18-6-7-22-3/h4-5,8,11-12H,6-7,9-10H2,1-3H3,(H2,18,19,21)/t11-,12+. The summed E-state index contributed by atoms with van der Waals surface area (Å²) >= 11 is 0. The van der Waals surface area contributed by atoms with Gasteiger partial charge in [-0.1, -0.05) is 0 Å². The monoisotopic (exact) mass is 325 g/mol. The van der Waals surface area contributed by atoms with Crippen LogP contribution in [0.5, 0.6) is 0 Å². The molecule has 1 aliphatic heterocycles. The highest BCUT2D eigenvalue weighted by molar-refractivity contribution is 5.89. The van der Waals surface area contributed by atoms with Crippen molar-refractivity contribution in [3.8, 4) is 0 Å². The number of urea groups is 1. The smallest absolute Gasteiger partial charge is 0.319 e. The number of halogens is 1. The summed E-state index contributed by atoms with van der Waals surface area (Å²) in [5.74, 6) is -0.360. The number of carbonyl (C=O) groups excluding carboxylic acids is 1. The van der Waals surface area contributed by atoms with Gasteiger partial charge in [-0.15, -0.1) is 0 Å². The van der Waals surface area contributed by atoms with E-state index in [2.05, 4.69) is 10.6 Å². The van der Waals surface area contributed by atoms with Gasteiger partial charge in [0, 0.05) is 32.4 Å². The van der Waals surface area contributed by atoms with Gasteiger partial charge in [-0.25, -0.2) is 9.18 Å². The van der Waals surface area contributed by atoms with Gasteiger partial charge in [-0.3, -0.25) is 0 Å². The molecule has 0 bridgehead atoms. The van der Waals surface area contributed by atoms with Crippen molar-refractivity contribution in [3.63, 3.8) is 0 Å². The summed E-state index contributed by atoms with van der Waals surface area (Å²) < 4.78 is 24.9. The molecule has 2 atom stereocenters. The normalized spacial score (nSPS) is 21.1. The summed E-state index contributed by atoms with van der Waals surface area (Å²) in [5.41, 5.74) is 0.938. The van der Waals surface area contributed by atoms with Crippen molar-refractivity contribution in [2.75, 3.05) is 43.6 Å². The number of hydrogen-bond acceptors (Lipinski definition) is 4. The summed E-state index contributed by atoms with van der Waals surface area (Å²) in [6.45, 7) is 6.05. The lowest BCUT2D eigenvalue weighted by atomic mass is 10.2. The number of ether oxygens (including phenoxy) is 2. The van der Waals surface area contributed by atoms with Gasteiger partial charge < -0.3 is 25.0 Å². The molecule has 2 N–H and O–H groups in total. The first kappa shape index (κ1) is 17.5. The first-order valence-corrected chi connectivity index (χ1v) is 7.73. The minimum absolute atomic E-state index is 0.0579. The zero-order valence-electron chi connectivity index (χ0n) is 13.8. The Morgan fingerprint density at radius 1 is 1.39 bits per heavy atom. The van der Waals surface area contributed by atoms with Crippen LogP contribution < -0.4 is 15.5 Å². The third-order valence-corrected chi connectivity index (χ3v) is 3.56. The second-order valence-corrected chi connectivity index (χ2v) is 5.70. The van der Waals surface area contributed by atoms with E-state index in [-0.39, 0.29) is 24.1 Å². The zero-order valence-corrected chi connectivity index (χ0v) is 13.8. The molecule has 2 amide bonds. The Bertz CT molecular complexity index is 531. The van der Waals surface area contributed by atoms with Gasteiger partial charge in [0.05, 0.1) is 24.5 Å². The molecular weight excluding hydrogens is 301 g/mol. The van der Waals surface area contributed by atoms with Gasteiger partial charge in [0.1, 0.15) is 5.82 Å². The fourth-order valence-electron chi connectivity index (χ4n) is 2.66. The van der Waals surface area contributed by atoms with Gasteiger partial charge >= 0.3 is 6.03 Å². The summed E-state index contributed by atoms with van der Waals surface area (Å²) in [7, 11) is 1.56. The lowest BCUT2D eigenvalue weighted by Gasteiger charge is -2.37. The molecule has 1 aromatic rings. The van der Waals surface area contributed by atoms with E-state index < -0.39 is 0 Å². The van der Waals surface area contributed by atoms with E-state index in [4.69, 9.17) is 9.47 Å². The topological polar surface area (TPSA) is 62.8 Å². The van der Waals surface area contributed by atoms with Crippen molar-refractivity contribution >= 4 is 17.4 Å². The number of rotatable bonds is 5. The Morgan fingerprint density at radius 2 is 2.09 bits per heavy atom. The van der Waals surface area contributed by atoms with Crippen LogP contribution in [0.15, 0.2) is 18.2 Å². The molecule has 128 valence electrons. The third kappa shape index (κ3) is 5.07. The molecule has 0 aliphatic carbocycles. The van der Waals surface area contributed by atoms with Crippen molar-refractivity contribution < 1.29 is 18.7 Å². The number of methoxy groups -OCH3 is 1. The van der Waals surface area contributed by atoms with Gasteiger partial charge in [-0.2, -0.15) is 0 Å². The number of nitrogens with zero attached hydrogens (tertiary/aromatic N) is 1. The molecule has 0 spiro atoms. The van der Waals surface area contributed by atoms with Crippen LogP contribution in [0.4, 0.5) is 20.6 Å². The van der Waals surface area contributed by atoms with Crippen molar-refractivity contribution in [1.82, 2.24) is 5.32 Å². The first-order valence-electron chi connectivity index (χ1n) is 7.73. The SMILES string of the molecule is COCCNC(=O)Nc1ccc(N2C[C@@H](C)O[C@@H](C)C2)c(F)c1. The Kier molecular flexibility index (Phi) is 6.18. The predicted molar refractivity (Wildman–Crippen MR) is 87.5 cm³/mol. The quantitative estimate of drug-likeness (QED) is 0.815. The van der Waals surface area contributed by atoms with E-state index in [1.54, 1.807) is 19.2 Å².